The summed E-state index contributed by atoms with van der Waals surface area (Å²) in [6.07, 6.45) is 5.79. The zero-order valence-electron chi connectivity index (χ0n) is 11.6. The van der Waals surface area contributed by atoms with Crippen LogP contribution in [-0.2, 0) is 0 Å². The maximum Gasteiger partial charge on any atom is 0.0846 e. The van der Waals surface area contributed by atoms with Gasteiger partial charge in [0.15, 0.2) is 0 Å². The van der Waals surface area contributed by atoms with Gasteiger partial charge < -0.3 is 10.6 Å². The van der Waals surface area contributed by atoms with E-state index in [1.807, 2.05) is 44.4 Å². The van der Waals surface area contributed by atoms with Crippen molar-refractivity contribution in [2.45, 2.75) is 19.9 Å². The van der Waals surface area contributed by atoms with Gasteiger partial charge in [-0.1, -0.05) is 12.1 Å². The largest absolute Gasteiger partial charge is 0.362 e. The van der Waals surface area contributed by atoms with Crippen molar-refractivity contribution < 1.29 is 0 Å². The lowest BCUT2D eigenvalue weighted by Gasteiger charge is -2.16. The van der Waals surface area contributed by atoms with E-state index in [9.17, 15) is 0 Å². The van der Waals surface area contributed by atoms with Crippen molar-refractivity contribution in [1.82, 2.24) is 9.88 Å². The number of hydrogen-bond acceptors (Lipinski definition) is 3. The summed E-state index contributed by atoms with van der Waals surface area (Å²) in [6.45, 7) is 4.78. The van der Waals surface area contributed by atoms with E-state index in [0.717, 1.165) is 17.8 Å². The van der Waals surface area contributed by atoms with Crippen LogP contribution in [0.3, 0.4) is 0 Å². The molecule has 0 spiro atoms. The second kappa shape index (κ2) is 6.91. The van der Waals surface area contributed by atoms with Crippen LogP contribution in [0.5, 0.6) is 0 Å². The van der Waals surface area contributed by atoms with Crippen LogP contribution >= 0.6 is 0 Å². The van der Waals surface area contributed by atoms with Crippen LogP contribution in [0.4, 0.5) is 0 Å². The summed E-state index contributed by atoms with van der Waals surface area (Å²) in [4.78, 5) is 10.4. The number of likely N-dealkylation sites (N-methyl/N-ethyl adjacent to an activating group) is 1. The number of nitrogens with zero attached hydrogens (tertiary/aromatic N) is 3. The van der Waals surface area contributed by atoms with Gasteiger partial charge in [0.2, 0.25) is 0 Å². The van der Waals surface area contributed by atoms with E-state index < -0.39 is 0 Å². The molecule has 1 rings (SSSR count). The van der Waals surface area contributed by atoms with Crippen molar-refractivity contribution in [3.8, 4) is 0 Å². The van der Waals surface area contributed by atoms with E-state index in [-0.39, 0.29) is 6.04 Å². The Kier molecular flexibility index (Phi) is 5.52. The topological polar surface area (TPSA) is 54.5 Å². The van der Waals surface area contributed by atoms with Crippen LogP contribution < -0.4 is 5.73 Å². The molecule has 0 aliphatic rings. The van der Waals surface area contributed by atoms with E-state index >= 15 is 0 Å². The number of pyridine rings is 1. The molecular weight excluding hydrogens is 224 g/mol. The summed E-state index contributed by atoms with van der Waals surface area (Å²) in [5.74, 6) is 0. The number of aromatic nitrogens is 1. The van der Waals surface area contributed by atoms with E-state index in [4.69, 9.17) is 5.73 Å². The van der Waals surface area contributed by atoms with Gasteiger partial charge in [-0.25, -0.2) is 0 Å². The lowest BCUT2D eigenvalue weighted by Crippen LogP contribution is -2.18. The molecule has 4 heteroatoms. The van der Waals surface area contributed by atoms with Crippen molar-refractivity contribution in [3.05, 3.63) is 35.7 Å². The first-order valence-electron chi connectivity index (χ1n) is 6.08. The normalized spacial score (nSPS) is 13.9. The molecule has 98 valence electrons. The molecule has 0 fully saturated rings. The SMILES string of the molecule is C/C=C(\CN(C)/C=N\C)c1ccc(C(C)N)nc1. The van der Waals surface area contributed by atoms with Gasteiger partial charge in [-0.15, -0.1) is 0 Å². The van der Waals surface area contributed by atoms with Gasteiger partial charge in [-0.3, -0.25) is 9.98 Å². The minimum atomic E-state index is -0.0250. The number of aliphatic imine (C=N–C) groups is 1. The van der Waals surface area contributed by atoms with E-state index in [1.54, 1.807) is 7.05 Å². The molecule has 1 heterocycles. The molecule has 2 N–H and O–H groups in total. The minimum absolute atomic E-state index is 0.0250. The first-order valence-corrected chi connectivity index (χ1v) is 6.08. The molecule has 4 nitrogen and oxygen atoms in total. The lowest BCUT2D eigenvalue weighted by molar-refractivity contribution is 0.588. The van der Waals surface area contributed by atoms with Crippen LogP contribution in [0, 0.1) is 0 Å². The monoisotopic (exact) mass is 246 g/mol. The summed E-state index contributed by atoms with van der Waals surface area (Å²) in [5, 5.41) is 0. The molecule has 0 aliphatic heterocycles. The third-order valence-electron chi connectivity index (χ3n) is 2.70. The lowest BCUT2D eigenvalue weighted by atomic mass is 10.1. The number of allylic oxidation sites excluding steroid dienone is 1. The molecular formula is C14H22N4. The predicted octanol–water partition coefficient (Wildman–Crippen LogP) is 2.09. The van der Waals surface area contributed by atoms with Gasteiger partial charge in [0, 0.05) is 32.9 Å². The maximum absolute atomic E-state index is 5.79. The summed E-state index contributed by atoms with van der Waals surface area (Å²) in [5.41, 5.74) is 9.05. The Morgan fingerprint density at radius 3 is 2.72 bits per heavy atom. The van der Waals surface area contributed by atoms with Crippen molar-refractivity contribution in [1.29, 1.82) is 0 Å². The van der Waals surface area contributed by atoms with Gasteiger partial charge in [0.1, 0.15) is 0 Å². The quantitative estimate of drug-likeness (QED) is 0.639. The Balaban J connectivity index is 2.83. The van der Waals surface area contributed by atoms with Crippen LogP contribution in [0.2, 0.25) is 0 Å². The van der Waals surface area contributed by atoms with Gasteiger partial charge in [0.05, 0.1) is 12.0 Å². The fourth-order valence-electron chi connectivity index (χ4n) is 1.72. The van der Waals surface area contributed by atoms with Crippen LogP contribution in [-0.4, -0.2) is 36.9 Å². The Morgan fingerprint density at radius 2 is 2.28 bits per heavy atom. The molecule has 1 aromatic heterocycles. The second-order valence-corrected chi connectivity index (χ2v) is 4.36. The average Bonchev–Trinajstić information content (AvgIpc) is 2.36. The van der Waals surface area contributed by atoms with E-state index in [1.165, 1.54) is 5.57 Å². The standard InChI is InChI=1S/C14H22N4/c1-5-12(9-18(4)10-16-3)13-6-7-14(11(2)15)17-8-13/h5-8,10-11H,9,15H2,1-4H3/b12-5+,16-10-. The second-order valence-electron chi connectivity index (χ2n) is 4.36. The highest BCUT2D eigenvalue weighted by atomic mass is 15.1. The molecule has 0 bridgehead atoms. The third kappa shape index (κ3) is 3.96. The van der Waals surface area contributed by atoms with Gasteiger partial charge in [-0.2, -0.15) is 0 Å². The van der Waals surface area contributed by atoms with Gasteiger partial charge >= 0.3 is 0 Å². The smallest absolute Gasteiger partial charge is 0.0846 e. The van der Waals surface area contributed by atoms with Crippen molar-refractivity contribution in [2.24, 2.45) is 10.7 Å². The molecule has 1 aromatic rings. The minimum Gasteiger partial charge on any atom is -0.362 e. The van der Waals surface area contributed by atoms with Gasteiger partial charge in [0.25, 0.3) is 0 Å². The Morgan fingerprint density at radius 1 is 1.56 bits per heavy atom. The fourth-order valence-corrected chi connectivity index (χ4v) is 1.72. The Hall–Kier alpha value is -1.68. The first kappa shape index (κ1) is 14.4. The zero-order valence-corrected chi connectivity index (χ0v) is 11.6. The summed E-state index contributed by atoms with van der Waals surface area (Å²) >= 11 is 0. The molecule has 18 heavy (non-hydrogen) atoms. The van der Waals surface area contributed by atoms with Gasteiger partial charge in [-0.05, 0) is 31.1 Å². The highest BCUT2D eigenvalue weighted by Crippen LogP contribution is 2.16. The van der Waals surface area contributed by atoms with Crippen LogP contribution in [0.25, 0.3) is 5.57 Å². The van der Waals surface area contributed by atoms with Crippen LogP contribution in [0.1, 0.15) is 31.1 Å². The summed E-state index contributed by atoms with van der Waals surface area (Å²) < 4.78 is 0. The Labute approximate surface area is 109 Å². The highest BCUT2D eigenvalue weighted by Gasteiger charge is 2.05. The molecule has 0 saturated carbocycles. The molecule has 0 aliphatic carbocycles. The van der Waals surface area contributed by atoms with Crippen molar-refractivity contribution in [2.75, 3.05) is 20.6 Å². The molecule has 1 unspecified atom stereocenters. The van der Waals surface area contributed by atoms with E-state index in [0.29, 0.717) is 0 Å². The predicted molar refractivity (Wildman–Crippen MR) is 77.5 cm³/mol. The average molecular weight is 246 g/mol. The van der Waals surface area contributed by atoms with Crippen LogP contribution in [0.15, 0.2) is 29.4 Å². The fraction of sp³-hybridized carbons (Fsp3) is 0.429. The highest BCUT2D eigenvalue weighted by molar-refractivity contribution is 5.69. The van der Waals surface area contributed by atoms with Crippen molar-refractivity contribution in [3.63, 3.8) is 0 Å². The summed E-state index contributed by atoms with van der Waals surface area (Å²) in [6, 6.07) is 4.03. The molecule has 1 atom stereocenters. The first-order chi connectivity index (χ1) is 8.58. The maximum atomic E-state index is 5.79. The zero-order chi connectivity index (χ0) is 13.5. The molecule has 0 radical (unpaired) electrons. The molecule has 0 saturated heterocycles. The number of nitrogens with two attached hydrogens (primary N) is 1. The summed E-state index contributed by atoms with van der Waals surface area (Å²) in [7, 11) is 3.77. The number of rotatable bonds is 5. The van der Waals surface area contributed by atoms with E-state index in [2.05, 4.69) is 22.1 Å². The molecule has 0 amide bonds. The molecule has 0 aromatic carbocycles. The van der Waals surface area contributed by atoms with Crippen molar-refractivity contribution >= 4 is 11.9 Å². The Bertz CT molecular complexity index is 418. The third-order valence-corrected chi connectivity index (χ3v) is 2.70. The number of hydrogen-bond donors (Lipinski definition) is 1.